The monoisotopic (exact) mass is 440 g/mol. The molecule has 1 atom stereocenters. The lowest BCUT2D eigenvalue weighted by molar-refractivity contribution is 0.373. The zero-order chi connectivity index (χ0) is 19.9. The summed E-state index contributed by atoms with van der Waals surface area (Å²) < 4.78 is 74.4. The zero-order valence-electron chi connectivity index (χ0n) is 12.8. The molecule has 0 amide bonds. The van der Waals surface area contributed by atoms with Gasteiger partial charge in [0.05, 0.1) is 5.75 Å². The maximum atomic E-state index is 11.6. The van der Waals surface area contributed by atoms with E-state index in [0.717, 1.165) is 0 Å². The summed E-state index contributed by atoms with van der Waals surface area (Å²) in [6, 6.07) is 7.90. The maximum Gasteiger partial charge on any atom is 0.432 e. The Labute approximate surface area is 145 Å². The van der Waals surface area contributed by atoms with Crippen LogP contribution in [0.25, 0.3) is 0 Å². The topological polar surface area (TPSA) is 213 Å². The highest BCUT2D eigenvalue weighted by Crippen LogP contribution is 2.43. The summed E-state index contributed by atoms with van der Waals surface area (Å²) in [6.45, 7) is 1.22. The smallest absolute Gasteiger partial charge is 0.313 e. The van der Waals surface area contributed by atoms with Crippen LogP contribution in [0.1, 0.15) is 12.5 Å². The van der Waals surface area contributed by atoms with Gasteiger partial charge in [0.25, 0.3) is 20.2 Å². The maximum absolute atomic E-state index is 11.6. The molecular formula is C9H18N2O10P2S2. The van der Waals surface area contributed by atoms with Crippen molar-refractivity contribution in [2.75, 3.05) is 5.75 Å². The summed E-state index contributed by atoms with van der Waals surface area (Å²) in [5.41, 5.74) is 9.36. The quantitative estimate of drug-likeness (QED) is 0.412. The lowest BCUT2D eigenvalue weighted by Gasteiger charge is -2.12. The highest BCUT2D eigenvalue weighted by Gasteiger charge is 2.32. The molecule has 25 heavy (non-hydrogen) atoms. The van der Waals surface area contributed by atoms with Crippen LogP contribution in [0.3, 0.4) is 0 Å². The molecule has 146 valence electrons. The number of rotatable bonds is 7. The van der Waals surface area contributed by atoms with Crippen LogP contribution in [-0.4, -0.2) is 32.4 Å². The summed E-state index contributed by atoms with van der Waals surface area (Å²) in [5, 5.41) is 0. The lowest BCUT2D eigenvalue weighted by atomic mass is 10.2. The third-order valence-corrected chi connectivity index (χ3v) is 6.85. The van der Waals surface area contributed by atoms with E-state index < -0.39 is 47.2 Å². The van der Waals surface area contributed by atoms with Gasteiger partial charge in [-0.25, -0.2) is 20.1 Å². The van der Waals surface area contributed by atoms with E-state index in [1.807, 2.05) is 0 Å². The summed E-state index contributed by atoms with van der Waals surface area (Å²) in [6.07, 6.45) is 0. The molecule has 6 N–H and O–H groups in total. The Balaban J connectivity index is 0.00000101. The molecule has 0 bridgehead atoms. The van der Waals surface area contributed by atoms with Gasteiger partial charge in [-0.05, 0) is 12.5 Å². The van der Waals surface area contributed by atoms with Gasteiger partial charge in [0.15, 0.2) is 0 Å². The number of benzene rings is 1. The molecular weight excluding hydrogens is 422 g/mol. The summed E-state index contributed by atoms with van der Waals surface area (Å²) in [4.78, 5) is 14.8. The van der Waals surface area contributed by atoms with Gasteiger partial charge in [-0.15, -0.1) is 0 Å². The first-order valence-electron chi connectivity index (χ1n) is 6.20. The summed E-state index contributed by atoms with van der Waals surface area (Å²) in [7, 11) is -17.5. The van der Waals surface area contributed by atoms with Gasteiger partial charge in [0.1, 0.15) is 5.75 Å². The highest BCUT2D eigenvalue weighted by molar-refractivity contribution is 7.94. The molecule has 0 aliphatic carbocycles. The van der Waals surface area contributed by atoms with Crippen molar-refractivity contribution >= 4 is 35.7 Å². The van der Waals surface area contributed by atoms with Crippen molar-refractivity contribution in [3.63, 3.8) is 0 Å². The summed E-state index contributed by atoms with van der Waals surface area (Å²) >= 11 is 0. The molecule has 0 spiro atoms. The Morgan fingerprint density at radius 1 is 0.960 bits per heavy atom. The third kappa shape index (κ3) is 14.2. The molecule has 0 heterocycles. The summed E-state index contributed by atoms with van der Waals surface area (Å²) in [5.74, 6) is -1.12. The molecule has 0 radical (unpaired) electrons. The second-order valence-electron chi connectivity index (χ2n) is 4.31. The van der Waals surface area contributed by atoms with Crippen molar-refractivity contribution in [3.8, 4) is 0 Å². The number of hydrogen-bond donors (Lipinski definition) is 4. The van der Waals surface area contributed by atoms with Crippen LogP contribution in [0.15, 0.2) is 30.3 Å². The van der Waals surface area contributed by atoms with Gasteiger partial charge < -0.3 is 9.79 Å². The standard InChI is InChI=1S/C9H14NO7PS2.H4NO3P/c1-2-19(12,13)16-18(10,11)17-20(14,15)8-9-6-4-3-5-7-9;1-5(2,3)4/h3-7H,2,8H2,1H3,(H2,10,11);(H4,1,2,3,4). The Kier molecular flexibility index (Phi) is 9.08. The molecule has 1 unspecified atom stereocenters. The molecule has 0 saturated carbocycles. The van der Waals surface area contributed by atoms with E-state index in [2.05, 4.69) is 13.4 Å². The first-order chi connectivity index (χ1) is 11.1. The number of nitrogens with two attached hydrogens (primary N) is 2. The zero-order valence-corrected chi connectivity index (χ0v) is 16.2. The van der Waals surface area contributed by atoms with E-state index in [1.165, 1.54) is 19.1 Å². The van der Waals surface area contributed by atoms with E-state index >= 15 is 0 Å². The fourth-order valence-corrected chi connectivity index (χ4v) is 5.28. The van der Waals surface area contributed by atoms with Gasteiger partial charge in [-0.1, -0.05) is 30.3 Å². The minimum Gasteiger partial charge on any atom is -0.313 e. The molecule has 0 aliphatic rings. The molecule has 0 fully saturated rings. The van der Waals surface area contributed by atoms with Gasteiger partial charge >= 0.3 is 15.5 Å². The first-order valence-corrected chi connectivity index (χ1v) is 12.6. The van der Waals surface area contributed by atoms with Crippen molar-refractivity contribution < 1.29 is 43.7 Å². The van der Waals surface area contributed by atoms with Gasteiger partial charge in [0, 0.05) is 0 Å². The fraction of sp³-hybridized carbons (Fsp3) is 0.333. The van der Waals surface area contributed by atoms with E-state index in [1.54, 1.807) is 18.2 Å². The fourth-order valence-electron chi connectivity index (χ4n) is 1.19. The second kappa shape index (κ2) is 9.33. The molecule has 0 saturated heterocycles. The second-order valence-corrected chi connectivity index (χ2v) is 10.9. The van der Waals surface area contributed by atoms with Crippen molar-refractivity contribution in [3.05, 3.63) is 35.9 Å². The highest BCUT2D eigenvalue weighted by atomic mass is 32.2. The van der Waals surface area contributed by atoms with E-state index in [0.29, 0.717) is 5.56 Å². The van der Waals surface area contributed by atoms with Gasteiger partial charge in [-0.3, -0.25) is 0 Å². The average molecular weight is 440 g/mol. The molecule has 1 rings (SSSR count). The largest absolute Gasteiger partial charge is 0.432 e. The van der Waals surface area contributed by atoms with Gasteiger partial charge in [-0.2, -0.15) is 24.8 Å². The molecule has 0 aliphatic heterocycles. The van der Waals surface area contributed by atoms with Gasteiger partial charge in [0.2, 0.25) is 0 Å². The SMILES string of the molecule is CCS(=O)(=O)OP(N)(=O)OS(=O)(=O)Cc1ccccc1.NP(=O)(O)O. The molecule has 16 heteroatoms. The van der Waals surface area contributed by atoms with Crippen LogP contribution in [0.4, 0.5) is 0 Å². The van der Waals surface area contributed by atoms with Crippen LogP contribution < -0.4 is 11.0 Å². The first kappa shape index (κ1) is 24.3. The van der Waals surface area contributed by atoms with Crippen molar-refractivity contribution in [1.29, 1.82) is 0 Å². The number of hydrogen-bond acceptors (Lipinski definition) is 8. The van der Waals surface area contributed by atoms with E-state index in [-0.39, 0.29) is 0 Å². The van der Waals surface area contributed by atoms with E-state index in [4.69, 9.17) is 19.9 Å². The average Bonchev–Trinajstić information content (AvgIpc) is 2.34. The molecule has 12 nitrogen and oxygen atoms in total. The van der Waals surface area contributed by atoms with Crippen LogP contribution in [0, 0.1) is 0 Å². The van der Waals surface area contributed by atoms with Crippen molar-refractivity contribution in [2.24, 2.45) is 11.0 Å². The van der Waals surface area contributed by atoms with E-state index in [9.17, 15) is 21.4 Å². The third-order valence-electron chi connectivity index (χ3n) is 1.97. The molecule has 1 aromatic carbocycles. The van der Waals surface area contributed by atoms with Crippen LogP contribution in [0.2, 0.25) is 0 Å². The van der Waals surface area contributed by atoms with Crippen molar-refractivity contribution in [2.45, 2.75) is 12.7 Å². The van der Waals surface area contributed by atoms with Crippen molar-refractivity contribution in [1.82, 2.24) is 0 Å². The minimum absolute atomic E-state index is 0.367. The Hall–Kier alpha value is -0.660. The Morgan fingerprint density at radius 3 is 1.76 bits per heavy atom. The predicted octanol–water partition coefficient (Wildman–Crippen LogP) is 0.00390. The molecule has 1 aromatic rings. The van der Waals surface area contributed by atoms with Crippen LogP contribution in [-0.2, 0) is 43.1 Å². The normalized spacial score (nSPS) is 14.9. The lowest BCUT2D eigenvalue weighted by Crippen LogP contribution is -2.16. The predicted molar refractivity (Wildman–Crippen MR) is 88.7 cm³/mol. The minimum atomic E-state index is -4.76. The Bertz CT molecular complexity index is 841. The van der Waals surface area contributed by atoms with Crippen LogP contribution in [0.5, 0.6) is 0 Å². The van der Waals surface area contributed by atoms with Crippen LogP contribution >= 0.6 is 15.5 Å². The molecule has 0 aromatic heterocycles. The Morgan fingerprint density at radius 2 is 1.36 bits per heavy atom.